The van der Waals surface area contributed by atoms with Gasteiger partial charge in [-0.3, -0.25) is 4.90 Å². The van der Waals surface area contributed by atoms with Crippen molar-refractivity contribution in [3.05, 3.63) is 0 Å². The van der Waals surface area contributed by atoms with Crippen LogP contribution in [0.2, 0.25) is 0 Å². The molecule has 110 valence electrons. The Labute approximate surface area is 119 Å². The monoisotopic (exact) mass is 264 g/mol. The molecule has 0 aromatic heterocycles. The molecule has 0 aromatic carbocycles. The first-order valence-electron chi connectivity index (χ1n) is 8.88. The molecule has 2 saturated heterocycles. The van der Waals surface area contributed by atoms with Crippen molar-refractivity contribution in [1.82, 2.24) is 9.80 Å². The maximum Gasteiger partial charge on any atom is 0.0223 e. The van der Waals surface area contributed by atoms with E-state index < -0.39 is 0 Å². The minimum absolute atomic E-state index is 0.891. The molecular formula is C17H32N2. The highest BCUT2D eigenvalue weighted by atomic mass is 15.2. The first-order chi connectivity index (χ1) is 9.42. The lowest BCUT2D eigenvalue weighted by Crippen LogP contribution is -2.44. The molecule has 0 spiro atoms. The summed E-state index contributed by atoms with van der Waals surface area (Å²) in [5.41, 5.74) is 0. The molecule has 1 aliphatic carbocycles. The molecule has 19 heavy (non-hydrogen) atoms. The predicted octanol–water partition coefficient (Wildman–Crippen LogP) is 3.52. The highest BCUT2D eigenvalue weighted by molar-refractivity contribution is 4.83. The van der Waals surface area contributed by atoms with E-state index in [1.54, 1.807) is 0 Å². The van der Waals surface area contributed by atoms with Crippen LogP contribution < -0.4 is 0 Å². The third-order valence-electron chi connectivity index (χ3n) is 5.72. The highest BCUT2D eigenvalue weighted by Gasteiger charge is 2.27. The first kappa shape index (κ1) is 13.9. The van der Waals surface area contributed by atoms with Crippen LogP contribution in [0, 0.1) is 5.92 Å². The average molecular weight is 264 g/mol. The number of nitrogens with zero attached hydrogens (tertiary/aromatic N) is 2. The molecule has 1 saturated carbocycles. The summed E-state index contributed by atoms with van der Waals surface area (Å²) in [6.07, 6.45) is 14.8. The topological polar surface area (TPSA) is 6.48 Å². The minimum Gasteiger partial charge on any atom is -0.302 e. The quantitative estimate of drug-likeness (QED) is 0.769. The smallest absolute Gasteiger partial charge is 0.0223 e. The van der Waals surface area contributed by atoms with Crippen LogP contribution in [0.1, 0.15) is 64.2 Å². The van der Waals surface area contributed by atoms with E-state index >= 15 is 0 Å². The lowest BCUT2D eigenvalue weighted by Gasteiger charge is -2.35. The van der Waals surface area contributed by atoms with Crippen molar-refractivity contribution in [3.63, 3.8) is 0 Å². The van der Waals surface area contributed by atoms with E-state index in [2.05, 4.69) is 9.80 Å². The van der Waals surface area contributed by atoms with Crippen molar-refractivity contribution in [2.24, 2.45) is 5.92 Å². The molecule has 0 amide bonds. The summed E-state index contributed by atoms with van der Waals surface area (Å²) in [5.74, 6) is 1.06. The summed E-state index contributed by atoms with van der Waals surface area (Å²) in [4.78, 5) is 5.58. The van der Waals surface area contributed by atoms with Crippen LogP contribution in [0.25, 0.3) is 0 Å². The molecule has 0 bridgehead atoms. The normalized spacial score (nSPS) is 31.9. The maximum absolute atomic E-state index is 2.80. The summed E-state index contributed by atoms with van der Waals surface area (Å²) < 4.78 is 0. The van der Waals surface area contributed by atoms with Crippen LogP contribution >= 0.6 is 0 Å². The van der Waals surface area contributed by atoms with E-state index in [0.717, 1.165) is 12.0 Å². The minimum atomic E-state index is 0.891. The Bertz CT molecular complexity index is 260. The summed E-state index contributed by atoms with van der Waals surface area (Å²) in [7, 11) is 0. The third kappa shape index (κ3) is 3.95. The Balaban J connectivity index is 1.44. The van der Waals surface area contributed by atoms with Gasteiger partial charge in [-0.2, -0.15) is 0 Å². The van der Waals surface area contributed by atoms with Gasteiger partial charge in [-0.1, -0.05) is 38.5 Å². The van der Waals surface area contributed by atoms with Gasteiger partial charge in [0.15, 0.2) is 0 Å². The molecule has 3 aliphatic rings. The van der Waals surface area contributed by atoms with Crippen LogP contribution in [0.4, 0.5) is 0 Å². The molecule has 1 atom stereocenters. The Hall–Kier alpha value is -0.0800. The second-order valence-electron chi connectivity index (χ2n) is 7.13. The first-order valence-corrected chi connectivity index (χ1v) is 8.88. The van der Waals surface area contributed by atoms with Gasteiger partial charge in [0.1, 0.15) is 0 Å². The molecule has 0 radical (unpaired) electrons. The van der Waals surface area contributed by atoms with Gasteiger partial charge in [-0.15, -0.1) is 0 Å². The van der Waals surface area contributed by atoms with Gasteiger partial charge in [0.2, 0.25) is 0 Å². The maximum atomic E-state index is 2.80. The lowest BCUT2D eigenvalue weighted by molar-refractivity contribution is 0.133. The number of fused-ring (bicyclic) bond motifs is 1. The Morgan fingerprint density at radius 2 is 1.53 bits per heavy atom. The molecular weight excluding hydrogens is 232 g/mol. The number of rotatable bonds is 3. The molecule has 2 heteroatoms. The molecule has 3 fully saturated rings. The van der Waals surface area contributed by atoms with E-state index in [-0.39, 0.29) is 0 Å². The molecule has 2 heterocycles. The Morgan fingerprint density at radius 3 is 2.42 bits per heavy atom. The van der Waals surface area contributed by atoms with Crippen LogP contribution in [-0.2, 0) is 0 Å². The van der Waals surface area contributed by atoms with Gasteiger partial charge in [0.25, 0.3) is 0 Å². The Kier molecular flexibility index (Phi) is 5.17. The Morgan fingerprint density at radius 1 is 0.737 bits per heavy atom. The second-order valence-corrected chi connectivity index (χ2v) is 7.13. The average Bonchev–Trinajstić information content (AvgIpc) is 2.68. The summed E-state index contributed by atoms with van der Waals surface area (Å²) in [5, 5.41) is 0. The lowest BCUT2D eigenvalue weighted by atomic mass is 9.87. The van der Waals surface area contributed by atoms with Gasteiger partial charge in [0.05, 0.1) is 0 Å². The van der Waals surface area contributed by atoms with Gasteiger partial charge >= 0.3 is 0 Å². The van der Waals surface area contributed by atoms with Gasteiger partial charge in [0, 0.05) is 12.6 Å². The van der Waals surface area contributed by atoms with Crippen LogP contribution in [0.3, 0.4) is 0 Å². The van der Waals surface area contributed by atoms with Crippen molar-refractivity contribution in [2.75, 3.05) is 32.7 Å². The number of hydrogen-bond donors (Lipinski definition) is 0. The fraction of sp³-hybridized carbons (Fsp3) is 1.00. The van der Waals surface area contributed by atoms with E-state index in [1.807, 2.05) is 0 Å². The van der Waals surface area contributed by atoms with Crippen molar-refractivity contribution >= 4 is 0 Å². The number of piperidine rings is 1. The van der Waals surface area contributed by atoms with Gasteiger partial charge < -0.3 is 4.90 Å². The van der Waals surface area contributed by atoms with Crippen molar-refractivity contribution in [1.29, 1.82) is 0 Å². The second kappa shape index (κ2) is 7.08. The van der Waals surface area contributed by atoms with E-state index in [9.17, 15) is 0 Å². The number of hydrogen-bond acceptors (Lipinski definition) is 2. The van der Waals surface area contributed by atoms with Crippen LogP contribution in [-0.4, -0.2) is 48.6 Å². The highest BCUT2D eigenvalue weighted by Crippen LogP contribution is 2.27. The van der Waals surface area contributed by atoms with Crippen molar-refractivity contribution in [2.45, 2.75) is 70.3 Å². The van der Waals surface area contributed by atoms with E-state index in [1.165, 1.54) is 96.9 Å². The van der Waals surface area contributed by atoms with E-state index in [4.69, 9.17) is 0 Å². The summed E-state index contributed by atoms with van der Waals surface area (Å²) >= 11 is 0. The van der Waals surface area contributed by atoms with Gasteiger partial charge in [-0.05, 0) is 57.8 Å². The van der Waals surface area contributed by atoms with Crippen molar-refractivity contribution in [3.8, 4) is 0 Å². The van der Waals surface area contributed by atoms with Crippen molar-refractivity contribution < 1.29 is 0 Å². The molecule has 3 rings (SSSR count). The molecule has 0 aromatic rings. The molecule has 1 unspecified atom stereocenters. The van der Waals surface area contributed by atoms with E-state index in [0.29, 0.717) is 0 Å². The standard InChI is InChI=1S/C17H32N2/c1-2-7-16(8-3-1)10-14-18-11-6-13-19-12-5-4-9-17(19)15-18/h16-17H,1-15H2. The zero-order valence-corrected chi connectivity index (χ0v) is 12.7. The molecule has 0 N–H and O–H groups in total. The third-order valence-corrected chi connectivity index (χ3v) is 5.72. The zero-order chi connectivity index (χ0) is 12.9. The van der Waals surface area contributed by atoms with Gasteiger partial charge in [-0.25, -0.2) is 0 Å². The fourth-order valence-corrected chi connectivity index (χ4v) is 4.49. The zero-order valence-electron chi connectivity index (χ0n) is 12.7. The van der Waals surface area contributed by atoms with Crippen LogP contribution in [0.5, 0.6) is 0 Å². The predicted molar refractivity (Wildman–Crippen MR) is 81.5 cm³/mol. The molecule has 2 nitrogen and oxygen atoms in total. The SMILES string of the molecule is C1CCC(CCN2CCCN3CCCCC3C2)CC1. The molecule has 2 aliphatic heterocycles. The fourth-order valence-electron chi connectivity index (χ4n) is 4.49. The van der Waals surface area contributed by atoms with Crippen LogP contribution in [0.15, 0.2) is 0 Å². The summed E-state index contributed by atoms with van der Waals surface area (Å²) in [6, 6.07) is 0.891. The summed E-state index contributed by atoms with van der Waals surface area (Å²) in [6.45, 7) is 6.85. The largest absolute Gasteiger partial charge is 0.302 e.